The summed E-state index contributed by atoms with van der Waals surface area (Å²) in [6.45, 7) is 5.21. The van der Waals surface area contributed by atoms with Gasteiger partial charge in [-0.2, -0.15) is 0 Å². The Morgan fingerprint density at radius 1 is 1.10 bits per heavy atom. The van der Waals surface area contributed by atoms with Crippen LogP contribution in [0.15, 0.2) is 0 Å². The summed E-state index contributed by atoms with van der Waals surface area (Å²) in [7, 11) is 0. The fourth-order valence-corrected chi connectivity index (χ4v) is 1.08. The second-order valence-electron chi connectivity index (χ2n) is 3.23. The van der Waals surface area contributed by atoms with Gasteiger partial charge in [-0.3, -0.25) is 0 Å². The quantitative estimate of drug-likeness (QED) is 0.465. The Morgan fingerprint density at radius 3 is 2.10 bits per heavy atom. The van der Waals surface area contributed by atoms with E-state index in [0.29, 0.717) is 25.4 Å². The lowest BCUT2D eigenvalue weighted by Gasteiger charge is -2.23. The maximum Gasteiger partial charge on any atom is 0.163 e. The summed E-state index contributed by atoms with van der Waals surface area (Å²) in [6, 6.07) is 0. The first-order valence-electron chi connectivity index (χ1n) is 3.61. The third kappa shape index (κ3) is 1.17. The largest absolute Gasteiger partial charge is 0.365 e. The summed E-state index contributed by atoms with van der Waals surface area (Å²) in [5.74, 6) is -0.406. The second-order valence-corrected chi connectivity index (χ2v) is 3.23. The van der Waals surface area contributed by atoms with Crippen LogP contribution in [0.25, 0.3) is 0 Å². The van der Waals surface area contributed by atoms with Crippen molar-refractivity contribution in [3.8, 4) is 0 Å². The fourth-order valence-electron chi connectivity index (χ4n) is 1.08. The molecule has 2 aliphatic rings. The normalized spacial score (nSPS) is 43.8. The maximum atomic E-state index is 5.40. The molecule has 3 nitrogen and oxygen atoms in total. The van der Waals surface area contributed by atoms with E-state index in [1.807, 2.05) is 13.8 Å². The zero-order chi connectivity index (χ0) is 7.19. The highest BCUT2D eigenvalue weighted by molar-refractivity contribution is 4.87. The smallest absolute Gasteiger partial charge is 0.163 e. The van der Waals surface area contributed by atoms with Crippen molar-refractivity contribution in [2.75, 3.05) is 13.2 Å². The van der Waals surface area contributed by atoms with E-state index < -0.39 is 5.79 Å². The first kappa shape index (κ1) is 6.58. The molecule has 0 spiro atoms. The molecule has 0 aromatic rings. The van der Waals surface area contributed by atoms with Gasteiger partial charge in [0.2, 0.25) is 0 Å². The summed E-state index contributed by atoms with van der Waals surface area (Å²) in [5, 5.41) is 0. The SMILES string of the molecule is CC1(C)OC[C@@H]2O[C@@H]2CO1. The maximum absolute atomic E-state index is 5.40. The molecule has 0 aliphatic carbocycles. The predicted molar refractivity (Wildman–Crippen MR) is 34.6 cm³/mol. The number of fused-ring (bicyclic) bond motifs is 1. The van der Waals surface area contributed by atoms with Crippen LogP contribution in [-0.2, 0) is 14.2 Å². The van der Waals surface area contributed by atoms with Gasteiger partial charge in [-0.25, -0.2) is 0 Å². The molecule has 2 rings (SSSR count). The Bertz CT molecular complexity index is 130. The summed E-state index contributed by atoms with van der Waals surface area (Å²) in [5.41, 5.74) is 0. The molecular formula is C7H12O3. The average Bonchev–Trinajstić information content (AvgIpc) is 2.56. The van der Waals surface area contributed by atoms with Crippen LogP contribution >= 0.6 is 0 Å². The standard InChI is InChI=1S/C7H12O3/c1-7(2)8-3-5-6(10-5)4-9-7/h5-6H,3-4H2,1-2H3/t5-,6+. The van der Waals surface area contributed by atoms with Crippen LogP contribution in [0.4, 0.5) is 0 Å². The van der Waals surface area contributed by atoms with Crippen LogP contribution in [0.1, 0.15) is 13.8 Å². The van der Waals surface area contributed by atoms with Gasteiger partial charge in [0.15, 0.2) is 5.79 Å². The number of epoxide rings is 1. The molecule has 2 atom stereocenters. The van der Waals surface area contributed by atoms with E-state index in [1.165, 1.54) is 0 Å². The molecule has 3 heteroatoms. The highest BCUT2D eigenvalue weighted by Crippen LogP contribution is 2.29. The molecule has 2 saturated heterocycles. The van der Waals surface area contributed by atoms with Gasteiger partial charge in [0.1, 0.15) is 12.2 Å². The summed E-state index contributed by atoms with van der Waals surface area (Å²) in [6.07, 6.45) is 0.614. The van der Waals surface area contributed by atoms with Gasteiger partial charge >= 0.3 is 0 Å². The van der Waals surface area contributed by atoms with Crippen LogP contribution in [0.5, 0.6) is 0 Å². The number of rotatable bonds is 0. The van der Waals surface area contributed by atoms with E-state index in [9.17, 15) is 0 Å². The highest BCUT2D eigenvalue weighted by Gasteiger charge is 2.44. The van der Waals surface area contributed by atoms with E-state index in [4.69, 9.17) is 14.2 Å². The molecule has 2 heterocycles. The van der Waals surface area contributed by atoms with E-state index in [0.717, 1.165) is 0 Å². The van der Waals surface area contributed by atoms with Gasteiger partial charge in [0.25, 0.3) is 0 Å². The van der Waals surface area contributed by atoms with Gasteiger partial charge in [0.05, 0.1) is 13.2 Å². The lowest BCUT2D eigenvalue weighted by Crippen LogP contribution is -2.28. The molecule has 0 bridgehead atoms. The molecular weight excluding hydrogens is 132 g/mol. The Morgan fingerprint density at radius 2 is 1.60 bits per heavy atom. The summed E-state index contributed by atoms with van der Waals surface area (Å²) in [4.78, 5) is 0. The average molecular weight is 144 g/mol. The van der Waals surface area contributed by atoms with Crippen LogP contribution < -0.4 is 0 Å². The second kappa shape index (κ2) is 1.94. The van der Waals surface area contributed by atoms with E-state index in [1.54, 1.807) is 0 Å². The first-order valence-corrected chi connectivity index (χ1v) is 3.61. The Labute approximate surface area is 60.3 Å². The van der Waals surface area contributed by atoms with Crippen molar-refractivity contribution in [3.05, 3.63) is 0 Å². The van der Waals surface area contributed by atoms with Gasteiger partial charge in [-0.15, -0.1) is 0 Å². The van der Waals surface area contributed by atoms with Crippen molar-refractivity contribution in [1.29, 1.82) is 0 Å². The third-order valence-electron chi connectivity index (χ3n) is 1.88. The van der Waals surface area contributed by atoms with E-state index >= 15 is 0 Å². The molecule has 0 N–H and O–H groups in total. The Kier molecular flexibility index (Phi) is 1.27. The van der Waals surface area contributed by atoms with Crippen molar-refractivity contribution < 1.29 is 14.2 Å². The molecule has 0 aromatic heterocycles. The molecule has 0 radical (unpaired) electrons. The number of ether oxygens (including phenoxy) is 3. The Balaban J connectivity index is 1.96. The minimum absolute atomic E-state index is 0.307. The van der Waals surface area contributed by atoms with Gasteiger partial charge in [0, 0.05) is 0 Å². The number of hydrogen-bond acceptors (Lipinski definition) is 3. The minimum Gasteiger partial charge on any atom is -0.365 e. The molecule has 0 aromatic carbocycles. The lowest BCUT2D eigenvalue weighted by atomic mass is 10.3. The van der Waals surface area contributed by atoms with Gasteiger partial charge in [-0.05, 0) is 13.8 Å². The highest BCUT2D eigenvalue weighted by atomic mass is 16.7. The Hall–Kier alpha value is -0.120. The van der Waals surface area contributed by atoms with Crippen molar-refractivity contribution in [2.24, 2.45) is 0 Å². The van der Waals surface area contributed by atoms with Gasteiger partial charge < -0.3 is 14.2 Å². The van der Waals surface area contributed by atoms with Gasteiger partial charge in [-0.1, -0.05) is 0 Å². The van der Waals surface area contributed by atoms with Crippen molar-refractivity contribution in [2.45, 2.75) is 31.8 Å². The molecule has 2 fully saturated rings. The lowest BCUT2D eigenvalue weighted by molar-refractivity contribution is -0.212. The number of hydrogen-bond donors (Lipinski definition) is 0. The van der Waals surface area contributed by atoms with Crippen LogP contribution in [-0.4, -0.2) is 31.2 Å². The molecule has 0 amide bonds. The third-order valence-corrected chi connectivity index (χ3v) is 1.88. The molecule has 0 saturated carbocycles. The summed E-state index contributed by atoms with van der Waals surface area (Å²) < 4.78 is 16.0. The van der Waals surface area contributed by atoms with Crippen LogP contribution in [0.2, 0.25) is 0 Å². The zero-order valence-corrected chi connectivity index (χ0v) is 6.29. The van der Waals surface area contributed by atoms with E-state index in [-0.39, 0.29) is 0 Å². The zero-order valence-electron chi connectivity index (χ0n) is 6.29. The first-order chi connectivity index (χ1) is 4.67. The van der Waals surface area contributed by atoms with Crippen molar-refractivity contribution >= 4 is 0 Å². The van der Waals surface area contributed by atoms with Crippen molar-refractivity contribution in [1.82, 2.24) is 0 Å². The minimum atomic E-state index is -0.406. The molecule has 58 valence electrons. The summed E-state index contributed by atoms with van der Waals surface area (Å²) >= 11 is 0. The fraction of sp³-hybridized carbons (Fsp3) is 1.00. The topological polar surface area (TPSA) is 31.0 Å². The predicted octanol–water partition coefficient (Wildman–Crippen LogP) is 0.537. The van der Waals surface area contributed by atoms with Crippen LogP contribution in [0.3, 0.4) is 0 Å². The van der Waals surface area contributed by atoms with Crippen molar-refractivity contribution in [3.63, 3.8) is 0 Å². The molecule has 2 aliphatic heterocycles. The molecule has 0 unspecified atom stereocenters. The van der Waals surface area contributed by atoms with Crippen LogP contribution in [0, 0.1) is 0 Å². The monoisotopic (exact) mass is 144 g/mol. The van der Waals surface area contributed by atoms with E-state index in [2.05, 4.69) is 0 Å². The molecule has 10 heavy (non-hydrogen) atoms.